The molecule has 0 spiro atoms. The van der Waals surface area contributed by atoms with E-state index in [4.69, 9.17) is 4.74 Å². The second-order valence-corrected chi connectivity index (χ2v) is 11.3. The van der Waals surface area contributed by atoms with Gasteiger partial charge in [0.15, 0.2) is 9.84 Å². The Balaban J connectivity index is 1.38. The molecule has 1 aliphatic rings. The Morgan fingerprint density at radius 1 is 0.971 bits per heavy atom. The Morgan fingerprint density at radius 2 is 1.71 bits per heavy atom. The molecule has 1 amide bonds. The highest BCUT2D eigenvalue weighted by molar-refractivity contribution is 7.90. The molecule has 2 aromatic carbocycles. The molecule has 0 radical (unpaired) electrons. The van der Waals surface area contributed by atoms with Gasteiger partial charge in [0, 0.05) is 46.9 Å². The molecule has 8 heteroatoms. The van der Waals surface area contributed by atoms with Crippen molar-refractivity contribution in [2.24, 2.45) is 0 Å². The van der Waals surface area contributed by atoms with Crippen molar-refractivity contribution in [3.8, 4) is 26.6 Å². The van der Waals surface area contributed by atoms with E-state index >= 15 is 0 Å². The number of nitrogens with zero attached hydrogens (tertiary/aromatic N) is 2. The van der Waals surface area contributed by atoms with Crippen molar-refractivity contribution in [3.05, 3.63) is 89.7 Å². The van der Waals surface area contributed by atoms with Crippen molar-refractivity contribution in [2.75, 3.05) is 14.2 Å². The van der Waals surface area contributed by atoms with Gasteiger partial charge in [-0.05, 0) is 71.3 Å². The summed E-state index contributed by atoms with van der Waals surface area (Å²) >= 11 is 1.61. The van der Waals surface area contributed by atoms with Gasteiger partial charge in [0.05, 0.1) is 17.8 Å². The molecule has 0 unspecified atom stereocenters. The molecule has 2 aromatic heterocycles. The SMILES string of the molecule is COc1ccc(S(=O)(=O)Cc2cncc(-c3ccc(-c4ccc5c(c4)CN(C)C5=O)s3)c2)cc1. The lowest BCUT2D eigenvalue weighted by molar-refractivity contribution is 0.0816. The first kappa shape index (κ1) is 22.3. The van der Waals surface area contributed by atoms with Gasteiger partial charge in [-0.25, -0.2) is 8.42 Å². The molecular weight excluding hydrogens is 468 g/mol. The Kier molecular flexibility index (Phi) is 5.71. The third-order valence-corrected chi connectivity index (χ3v) is 8.72. The van der Waals surface area contributed by atoms with Gasteiger partial charge in [-0.3, -0.25) is 9.78 Å². The number of fused-ring (bicyclic) bond motifs is 1. The number of benzene rings is 2. The summed E-state index contributed by atoms with van der Waals surface area (Å²) in [5.41, 5.74) is 4.35. The molecule has 6 nitrogen and oxygen atoms in total. The maximum atomic E-state index is 12.9. The van der Waals surface area contributed by atoms with E-state index < -0.39 is 9.84 Å². The van der Waals surface area contributed by atoms with Gasteiger partial charge in [0.2, 0.25) is 0 Å². The Hall–Kier alpha value is -3.49. The van der Waals surface area contributed by atoms with E-state index in [2.05, 4.69) is 11.1 Å². The van der Waals surface area contributed by atoms with Gasteiger partial charge in [0.25, 0.3) is 5.91 Å². The summed E-state index contributed by atoms with van der Waals surface area (Å²) in [4.78, 5) is 20.5. The molecule has 0 bridgehead atoms. The smallest absolute Gasteiger partial charge is 0.254 e. The average molecular weight is 491 g/mol. The third-order valence-electron chi connectivity index (χ3n) is 5.84. The fourth-order valence-corrected chi connectivity index (χ4v) is 6.35. The molecule has 5 rings (SSSR count). The fraction of sp³-hybridized carbons (Fsp3) is 0.154. The third kappa shape index (κ3) is 4.22. The quantitative estimate of drug-likeness (QED) is 0.378. The molecule has 0 saturated heterocycles. The predicted molar refractivity (Wildman–Crippen MR) is 133 cm³/mol. The molecular formula is C26H22N2O4S2. The zero-order valence-electron chi connectivity index (χ0n) is 18.7. The molecule has 34 heavy (non-hydrogen) atoms. The minimum Gasteiger partial charge on any atom is -0.497 e. The van der Waals surface area contributed by atoms with Gasteiger partial charge in [-0.15, -0.1) is 11.3 Å². The number of rotatable bonds is 6. The molecule has 0 fully saturated rings. The number of aromatic nitrogens is 1. The van der Waals surface area contributed by atoms with Crippen molar-refractivity contribution < 1.29 is 17.9 Å². The van der Waals surface area contributed by atoms with Crippen LogP contribution in [0.5, 0.6) is 5.75 Å². The number of ether oxygens (including phenoxy) is 1. The van der Waals surface area contributed by atoms with E-state index in [1.54, 1.807) is 67.1 Å². The van der Waals surface area contributed by atoms with Gasteiger partial charge in [-0.1, -0.05) is 6.07 Å². The highest BCUT2D eigenvalue weighted by atomic mass is 32.2. The molecule has 1 aliphatic heterocycles. The summed E-state index contributed by atoms with van der Waals surface area (Å²) in [6, 6.07) is 18.3. The van der Waals surface area contributed by atoms with Crippen molar-refractivity contribution >= 4 is 27.1 Å². The lowest BCUT2D eigenvalue weighted by atomic mass is 10.1. The van der Waals surface area contributed by atoms with Gasteiger partial charge < -0.3 is 9.64 Å². The summed E-state index contributed by atoms with van der Waals surface area (Å²) in [6.07, 6.45) is 3.34. The number of methoxy groups -OCH3 is 1. The maximum absolute atomic E-state index is 12.9. The van der Waals surface area contributed by atoms with Crippen LogP contribution in [0.25, 0.3) is 20.9 Å². The number of thiophene rings is 1. The first-order valence-corrected chi connectivity index (χ1v) is 13.1. The molecule has 0 saturated carbocycles. The minimum atomic E-state index is -3.51. The van der Waals surface area contributed by atoms with Crippen LogP contribution in [0.4, 0.5) is 0 Å². The van der Waals surface area contributed by atoms with Crippen molar-refractivity contribution in [2.45, 2.75) is 17.2 Å². The first-order chi connectivity index (χ1) is 16.3. The maximum Gasteiger partial charge on any atom is 0.254 e. The number of amides is 1. The normalized spacial score (nSPS) is 13.2. The lowest BCUT2D eigenvalue weighted by Gasteiger charge is -2.07. The zero-order valence-corrected chi connectivity index (χ0v) is 20.3. The number of hydrogen-bond acceptors (Lipinski definition) is 6. The molecule has 172 valence electrons. The van der Waals surface area contributed by atoms with E-state index in [1.165, 1.54) is 0 Å². The number of carbonyl (C=O) groups excluding carboxylic acids is 1. The van der Waals surface area contributed by atoms with Crippen LogP contribution < -0.4 is 4.74 Å². The van der Waals surface area contributed by atoms with Crippen molar-refractivity contribution in [1.29, 1.82) is 0 Å². The summed E-state index contributed by atoms with van der Waals surface area (Å²) < 4.78 is 30.9. The highest BCUT2D eigenvalue weighted by Gasteiger charge is 2.24. The Labute approximate surface area is 202 Å². The number of pyridine rings is 1. The standard InChI is InChI=1S/C26H22N2O4S2/c1-28-15-20-12-18(3-8-23(20)26(28)29)24-9-10-25(33-24)19-11-17(13-27-14-19)16-34(30,31)22-6-4-21(32-2)5-7-22/h3-14H,15-16H2,1-2H3. The molecule has 0 N–H and O–H groups in total. The zero-order chi connectivity index (χ0) is 23.9. The van der Waals surface area contributed by atoms with E-state index in [-0.39, 0.29) is 16.6 Å². The van der Waals surface area contributed by atoms with Crippen LogP contribution >= 0.6 is 11.3 Å². The molecule has 3 heterocycles. The number of sulfone groups is 1. The summed E-state index contributed by atoms with van der Waals surface area (Å²) in [7, 11) is -0.166. The topological polar surface area (TPSA) is 76.6 Å². The van der Waals surface area contributed by atoms with Crippen LogP contribution in [0.1, 0.15) is 21.5 Å². The van der Waals surface area contributed by atoms with Crippen molar-refractivity contribution in [1.82, 2.24) is 9.88 Å². The van der Waals surface area contributed by atoms with Crippen LogP contribution in [0.2, 0.25) is 0 Å². The van der Waals surface area contributed by atoms with E-state index in [1.807, 2.05) is 30.3 Å². The van der Waals surface area contributed by atoms with Crippen LogP contribution in [0.3, 0.4) is 0 Å². The molecule has 4 aromatic rings. The largest absolute Gasteiger partial charge is 0.497 e. The van der Waals surface area contributed by atoms with E-state index in [9.17, 15) is 13.2 Å². The molecule has 0 aliphatic carbocycles. The van der Waals surface area contributed by atoms with Crippen molar-refractivity contribution in [3.63, 3.8) is 0 Å². The predicted octanol–water partition coefficient (Wildman–Crippen LogP) is 5.05. The minimum absolute atomic E-state index is 0.0564. The highest BCUT2D eigenvalue weighted by Crippen LogP contribution is 2.36. The van der Waals surface area contributed by atoms with E-state index in [0.717, 1.165) is 32.0 Å². The van der Waals surface area contributed by atoms with Gasteiger partial charge in [-0.2, -0.15) is 0 Å². The second kappa shape index (κ2) is 8.70. The molecule has 0 atom stereocenters. The van der Waals surface area contributed by atoms with Crippen LogP contribution in [0.15, 0.2) is 78.0 Å². The van der Waals surface area contributed by atoms with Crippen LogP contribution in [-0.2, 0) is 22.1 Å². The van der Waals surface area contributed by atoms with Crippen LogP contribution in [0, 0.1) is 0 Å². The summed E-state index contributed by atoms with van der Waals surface area (Å²) in [6.45, 7) is 0.620. The van der Waals surface area contributed by atoms with E-state index in [0.29, 0.717) is 17.9 Å². The van der Waals surface area contributed by atoms with Crippen LogP contribution in [-0.4, -0.2) is 38.4 Å². The number of carbonyl (C=O) groups is 1. The average Bonchev–Trinajstić information content (AvgIpc) is 3.44. The Bertz CT molecular complexity index is 1490. The summed E-state index contributed by atoms with van der Waals surface area (Å²) in [5.74, 6) is 0.532. The lowest BCUT2D eigenvalue weighted by Crippen LogP contribution is -2.17. The Morgan fingerprint density at radius 3 is 2.44 bits per heavy atom. The van der Waals surface area contributed by atoms with Gasteiger partial charge >= 0.3 is 0 Å². The second-order valence-electron chi connectivity index (χ2n) is 8.21. The monoisotopic (exact) mass is 490 g/mol. The summed E-state index contributed by atoms with van der Waals surface area (Å²) in [5, 5.41) is 0. The van der Waals surface area contributed by atoms with Gasteiger partial charge in [0.1, 0.15) is 5.75 Å². The number of hydrogen-bond donors (Lipinski definition) is 0. The fourth-order valence-electron chi connectivity index (χ4n) is 4.05. The first-order valence-electron chi connectivity index (χ1n) is 10.6.